The fourth-order valence-corrected chi connectivity index (χ4v) is 1.45. The van der Waals surface area contributed by atoms with Crippen LogP contribution >= 0.6 is 0 Å². The fourth-order valence-electron chi connectivity index (χ4n) is 1.45. The van der Waals surface area contributed by atoms with E-state index in [9.17, 15) is 24.0 Å². The van der Waals surface area contributed by atoms with Crippen LogP contribution in [0.15, 0.2) is 27.8 Å². The van der Waals surface area contributed by atoms with Gasteiger partial charge in [0.05, 0.1) is 11.3 Å². The van der Waals surface area contributed by atoms with Crippen molar-refractivity contribution in [3.63, 3.8) is 0 Å². The number of benzene rings is 1. The molecular formula is C14H15FN2O5. The molecule has 0 atom stereocenters. The van der Waals surface area contributed by atoms with Crippen molar-refractivity contribution < 1.29 is 19.4 Å². The summed E-state index contributed by atoms with van der Waals surface area (Å²) in [5, 5.41) is 12.0. The number of phenols is 1. The lowest BCUT2D eigenvalue weighted by molar-refractivity contribution is -0.00801. The number of carbonyl (C=O) groups excluding carboxylic acids is 1. The molecule has 2 rings (SSSR count). The summed E-state index contributed by atoms with van der Waals surface area (Å²) in [6.07, 6.45) is 0.412. The van der Waals surface area contributed by atoms with Gasteiger partial charge in [0.15, 0.2) is 6.29 Å². The fraction of sp³-hybridized carbons (Fsp3) is 0.214. The number of phenolic OH excluding ortho intramolecular Hbond substituents is 1. The Morgan fingerprint density at radius 3 is 2.32 bits per heavy atom. The van der Waals surface area contributed by atoms with Crippen molar-refractivity contribution in [2.75, 3.05) is 26.5 Å². The maximum absolute atomic E-state index is 12.0. The van der Waals surface area contributed by atoms with Crippen LogP contribution in [-0.4, -0.2) is 37.4 Å². The largest absolute Gasteiger partial charge is 0.505 e. The molecule has 0 fully saturated rings. The number of aromatic hydroxyl groups is 1. The number of nitrogens with zero attached hydrogens (tertiary/aromatic N) is 1. The van der Waals surface area contributed by atoms with Gasteiger partial charge in [-0.2, -0.15) is 0 Å². The van der Waals surface area contributed by atoms with Crippen LogP contribution in [0.2, 0.25) is 0 Å². The van der Waals surface area contributed by atoms with Crippen LogP contribution in [0.25, 0.3) is 0 Å². The molecule has 0 saturated heterocycles. The second-order valence-corrected chi connectivity index (χ2v) is 4.77. The molecule has 0 bridgehead atoms. The van der Waals surface area contributed by atoms with Crippen molar-refractivity contribution >= 4 is 17.7 Å². The van der Waals surface area contributed by atoms with Gasteiger partial charge in [0.25, 0.3) is 16.6 Å². The molecule has 0 amide bonds. The minimum Gasteiger partial charge on any atom is -0.505 e. The van der Waals surface area contributed by atoms with E-state index >= 15 is 0 Å². The first-order valence-electron chi connectivity index (χ1n) is 6.10. The van der Waals surface area contributed by atoms with Crippen LogP contribution in [0.1, 0.15) is 10.4 Å². The third-order valence-electron chi connectivity index (χ3n) is 2.40. The zero-order chi connectivity index (χ0) is 16.9. The minimum absolute atomic E-state index is 0.00926. The van der Waals surface area contributed by atoms with Gasteiger partial charge in [0.1, 0.15) is 11.4 Å². The quantitative estimate of drug-likeness (QED) is 0.494. The van der Waals surface area contributed by atoms with E-state index in [1.54, 1.807) is 0 Å². The summed E-state index contributed by atoms with van der Waals surface area (Å²) in [5.41, 5.74) is -2.48. The third-order valence-corrected chi connectivity index (χ3v) is 2.40. The lowest BCUT2D eigenvalue weighted by Crippen LogP contribution is -2.33. The van der Waals surface area contributed by atoms with Crippen LogP contribution in [0.5, 0.6) is 11.5 Å². The van der Waals surface area contributed by atoms with Gasteiger partial charge in [-0.25, -0.2) is 0 Å². The number of anilines is 2. The predicted octanol–water partition coefficient (Wildman–Crippen LogP) is 0.985. The Morgan fingerprint density at radius 1 is 1.23 bits per heavy atom. The SMILES string of the molecule is CN(C)C.O=Cc1cccc(Nc2c(OF)c(=O)c2=O)c1O. The highest BCUT2D eigenvalue weighted by atomic mass is 19.3. The van der Waals surface area contributed by atoms with E-state index in [2.05, 4.69) is 10.3 Å². The highest BCUT2D eigenvalue weighted by Crippen LogP contribution is 2.31. The van der Waals surface area contributed by atoms with Crippen molar-refractivity contribution in [3.8, 4) is 11.5 Å². The molecule has 0 aliphatic carbocycles. The second kappa shape index (κ2) is 7.32. The Labute approximate surface area is 125 Å². The Morgan fingerprint density at radius 2 is 1.82 bits per heavy atom. The number of halogens is 1. The van der Waals surface area contributed by atoms with Gasteiger partial charge in [0.2, 0.25) is 0 Å². The van der Waals surface area contributed by atoms with Crippen molar-refractivity contribution in [2.24, 2.45) is 0 Å². The highest BCUT2D eigenvalue weighted by Gasteiger charge is 2.24. The summed E-state index contributed by atoms with van der Waals surface area (Å²) in [7, 11) is 6.00. The highest BCUT2D eigenvalue weighted by molar-refractivity contribution is 5.85. The molecule has 0 spiro atoms. The molecule has 0 unspecified atom stereocenters. The number of rotatable bonds is 4. The van der Waals surface area contributed by atoms with E-state index in [-0.39, 0.29) is 11.3 Å². The number of carbonyl (C=O) groups is 1. The molecule has 118 valence electrons. The van der Waals surface area contributed by atoms with Crippen molar-refractivity contribution in [1.82, 2.24) is 4.90 Å². The van der Waals surface area contributed by atoms with Gasteiger partial charge in [-0.3, -0.25) is 19.3 Å². The maximum atomic E-state index is 12.0. The Bertz CT molecular complexity index is 732. The predicted molar refractivity (Wildman–Crippen MR) is 79.5 cm³/mol. The number of hydrogen-bond acceptors (Lipinski definition) is 7. The standard InChI is InChI=1S/C11H6FNO5.C3H9N/c12-18-11-7(9(16)10(11)17)13-6-3-1-2-5(4-14)8(6)15;1-4(2)3/h1-4,13,15H;1-3H3. The summed E-state index contributed by atoms with van der Waals surface area (Å²) in [6, 6.07) is 4.14. The average Bonchev–Trinajstić information content (AvgIpc) is 2.47. The Kier molecular flexibility index (Phi) is 5.76. The first-order valence-corrected chi connectivity index (χ1v) is 6.10. The van der Waals surface area contributed by atoms with Gasteiger partial charge in [-0.15, -0.1) is 0 Å². The molecule has 8 heteroatoms. The van der Waals surface area contributed by atoms with Gasteiger partial charge >= 0.3 is 0 Å². The lowest BCUT2D eigenvalue weighted by atomic mass is 10.1. The zero-order valence-corrected chi connectivity index (χ0v) is 12.2. The second-order valence-electron chi connectivity index (χ2n) is 4.77. The smallest absolute Gasteiger partial charge is 0.276 e. The van der Waals surface area contributed by atoms with Gasteiger partial charge in [-0.05, 0) is 33.3 Å². The van der Waals surface area contributed by atoms with E-state index in [0.717, 1.165) is 0 Å². The Hall–Kier alpha value is -2.74. The maximum Gasteiger partial charge on any atom is 0.276 e. The topological polar surface area (TPSA) is 95.9 Å². The number of nitrogens with one attached hydrogen (secondary N) is 1. The van der Waals surface area contributed by atoms with Crippen LogP contribution in [-0.2, 0) is 0 Å². The first kappa shape index (κ1) is 17.3. The molecule has 0 aliphatic heterocycles. The van der Waals surface area contributed by atoms with Crippen LogP contribution in [0.4, 0.5) is 15.9 Å². The van der Waals surface area contributed by atoms with Gasteiger partial charge in [0, 0.05) is 4.53 Å². The molecule has 0 heterocycles. The molecule has 0 radical (unpaired) electrons. The molecule has 2 aromatic rings. The molecule has 0 aliphatic rings. The number of hydrogen-bond donors (Lipinski definition) is 2. The van der Waals surface area contributed by atoms with E-state index in [0.29, 0.717) is 6.29 Å². The van der Waals surface area contributed by atoms with E-state index in [1.807, 2.05) is 26.0 Å². The summed E-state index contributed by atoms with van der Waals surface area (Å²) >= 11 is 0. The van der Waals surface area contributed by atoms with Crippen LogP contribution in [0.3, 0.4) is 0 Å². The van der Waals surface area contributed by atoms with Gasteiger partial charge in [-0.1, -0.05) is 6.07 Å². The van der Waals surface area contributed by atoms with Crippen molar-refractivity contribution in [3.05, 3.63) is 44.2 Å². The zero-order valence-electron chi connectivity index (χ0n) is 12.2. The van der Waals surface area contributed by atoms with E-state index < -0.39 is 28.0 Å². The monoisotopic (exact) mass is 310 g/mol. The molecule has 0 aromatic heterocycles. The third kappa shape index (κ3) is 3.67. The molecule has 22 heavy (non-hydrogen) atoms. The van der Waals surface area contributed by atoms with Crippen LogP contribution in [0, 0.1) is 0 Å². The van der Waals surface area contributed by atoms with Gasteiger partial charge < -0.3 is 15.3 Å². The number of para-hydroxylation sites is 1. The molecule has 7 nitrogen and oxygen atoms in total. The molecule has 2 N–H and O–H groups in total. The van der Waals surface area contributed by atoms with E-state index in [1.165, 1.54) is 18.2 Å². The summed E-state index contributed by atoms with van der Waals surface area (Å²) < 4.78 is 12.0. The first-order chi connectivity index (χ1) is 10.3. The summed E-state index contributed by atoms with van der Waals surface area (Å²) in [4.78, 5) is 37.8. The minimum atomic E-state index is -1.09. The van der Waals surface area contributed by atoms with Crippen molar-refractivity contribution in [1.29, 1.82) is 0 Å². The molecular weight excluding hydrogens is 295 g/mol. The molecule has 0 saturated carbocycles. The van der Waals surface area contributed by atoms with E-state index in [4.69, 9.17) is 0 Å². The van der Waals surface area contributed by atoms with Crippen LogP contribution < -0.4 is 21.1 Å². The summed E-state index contributed by atoms with van der Waals surface area (Å²) in [6.45, 7) is 0. The normalized spacial score (nSPS) is 10.0. The lowest BCUT2D eigenvalue weighted by Gasteiger charge is -2.11. The average molecular weight is 310 g/mol. The molecule has 2 aromatic carbocycles. The van der Waals surface area contributed by atoms with Crippen molar-refractivity contribution in [2.45, 2.75) is 0 Å². The summed E-state index contributed by atoms with van der Waals surface area (Å²) in [5.74, 6) is -1.17. The number of aldehydes is 1. The Balaban J connectivity index is 0.000000541.